The van der Waals surface area contributed by atoms with Crippen LogP contribution in [0.15, 0.2) is 35.7 Å². The maximum absolute atomic E-state index is 12.5. The van der Waals surface area contributed by atoms with Crippen LogP contribution < -0.4 is 10.1 Å². The van der Waals surface area contributed by atoms with E-state index in [1.54, 1.807) is 17.4 Å². The highest BCUT2D eigenvalue weighted by Crippen LogP contribution is 2.19. The number of nitrogens with one attached hydrogen (secondary N) is 1. The highest BCUT2D eigenvalue weighted by Gasteiger charge is 2.26. The van der Waals surface area contributed by atoms with Crippen molar-refractivity contribution >= 4 is 29.2 Å². The Morgan fingerprint density at radius 1 is 1.22 bits per heavy atom. The van der Waals surface area contributed by atoms with Crippen molar-refractivity contribution in [2.75, 3.05) is 19.6 Å². The highest BCUT2D eigenvalue weighted by atomic mass is 32.1. The Morgan fingerprint density at radius 3 is 2.62 bits per heavy atom. The van der Waals surface area contributed by atoms with Gasteiger partial charge in [-0.25, -0.2) is 4.98 Å². The van der Waals surface area contributed by atoms with Gasteiger partial charge in [0.25, 0.3) is 0 Å². The summed E-state index contributed by atoms with van der Waals surface area (Å²) >= 11 is 1.61. The second kappa shape index (κ2) is 12.4. The fraction of sp³-hybridized carbons (Fsp3) is 0.480. The molecule has 0 aliphatic carbocycles. The third kappa shape index (κ3) is 7.48. The van der Waals surface area contributed by atoms with Crippen molar-refractivity contribution in [3.05, 3.63) is 52.0 Å². The van der Waals surface area contributed by atoms with Crippen LogP contribution in [-0.4, -0.2) is 41.3 Å². The van der Waals surface area contributed by atoms with Gasteiger partial charge in [0.1, 0.15) is 12.4 Å². The van der Waals surface area contributed by atoms with E-state index >= 15 is 0 Å². The van der Waals surface area contributed by atoms with Crippen LogP contribution in [-0.2, 0) is 16.2 Å². The molecule has 0 radical (unpaired) electrons. The number of unbranched alkanes of at least 4 members (excludes halogenated alkanes) is 2. The molecule has 0 unspecified atom stereocenters. The minimum absolute atomic E-state index is 0.00830. The molecule has 32 heavy (non-hydrogen) atoms. The molecule has 6 nitrogen and oxygen atoms in total. The lowest BCUT2D eigenvalue weighted by molar-refractivity contribution is -0.132. The molecule has 0 atom stereocenters. The molecule has 1 aromatic carbocycles. The summed E-state index contributed by atoms with van der Waals surface area (Å²) in [6, 6.07) is 7.66. The Labute approximate surface area is 194 Å². The van der Waals surface area contributed by atoms with Crippen LogP contribution in [0.4, 0.5) is 0 Å². The number of carbonyl (C=O) groups is 2. The lowest BCUT2D eigenvalue weighted by Crippen LogP contribution is -2.42. The van der Waals surface area contributed by atoms with Crippen LogP contribution in [0.3, 0.4) is 0 Å². The van der Waals surface area contributed by atoms with Gasteiger partial charge in [-0.1, -0.05) is 31.9 Å². The molecule has 2 aromatic rings. The number of likely N-dealkylation sites (tertiary alicyclic amines) is 1. The van der Waals surface area contributed by atoms with Gasteiger partial charge in [-0.05, 0) is 50.0 Å². The van der Waals surface area contributed by atoms with Gasteiger partial charge < -0.3 is 15.0 Å². The Balaban J connectivity index is 1.40. The van der Waals surface area contributed by atoms with E-state index in [0.717, 1.165) is 60.7 Å². The number of piperidine rings is 1. The van der Waals surface area contributed by atoms with Crippen molar-refractivity contribution in [1.82, 2.24) is 15.2 Å². The number of ether oxygens (including phenoxy) is 1. The quantitative estimate of drug-likeness (QED) is 0.420. The van der Waals surface area contributed by atoms with Crippen LogP contribution in [0.5, 0.6) is 5.75 Å². The first kappa shape index (κ1) is 24.0. The van der Waals surface area contributed by atoms with Gasteiger partial charge in [-0.2, -0.15) is 0 Å². The number of hydrogen-bond donors (Lipinski definition) is 1. The van der Waals surface area contributed by atoms with Crippen LogP contribution >= 0.6 is 11.3 Å². The van der Waals surface area contributed by atoms with Crippen LogP contribution in [0.2, 0.25) is 0 Å². The van der Waals surface area contributed by atoms with E-state index in [4.69, 9.17) is 4.74 Å². The molecule has 1 fully saturated rings. The predicted molar refractivity (Wildman–Crippen MR) is 128 cm³/mol. The maximum atomic E-state index is 12.5. The predicted octanol–water partition coefficient (Wildman–Crippen LogP) is 4.59. The smallest absolute Gasteiger partial charge is 0.246 e. The summed E-state index contributed by atoms with van der Waals surface area (Å²) in [4.78, 5) is 31.0. The van der Waals surface area contributed by atoms with Crippen molar-refractivity contribution in [2.45, 2.75) is 52.6 Å². The van der Waals surface area contributed by atoms with Gasteiger partial charge in [0, 0.05) is 37.0 Å². The number of thiazole rings is 1. The van der Waals surface area contributed by atoms with E-state index < -0.39 is 0 Å². The second-order valence-electron chi connectivity index (χ2n) is 8.15. The number of aryl methyl sites for hydroxylation is 1. The van der Waals surface area contributed by atoms with Gasteiger partial charge in [0.15, 0.2) is 0 Å². The fourth-order valence-corrected chi connectivity index (χ4v) is 4.27. The molecule has 0 saturated carbocycles. The van der Waals surface area contributed by atoms with E-state index in [-0.39, 0.29) is 17.7 Å². The maximum Gasteiger partial charge on any atom is 0.246 e. The number of benzene rings is 1. The third-order valence-electron chi connectivity index (χ3n) is 5.61. The van der Waals surface area contributed by atoms with Gasteiger partial charge >= 0.3 is 0 Å². The SMILES string of the molecule is CCCCCNC(=O)C1CCN(C(=O)/C=C/c2ccc(OCc3csc(C)n3)cc2)CC1. The van der Waals surface area contributed by atoms with Gasteiger partial charge in [-0.3, -0.25) is 9.59 Å². The zero-order valence-electron chi connectivity index (χ0n) is 19.0. The molecular weight excluding hydrogens is 422 g/mol. The average molecular weight is 456 g/mol. The molecule has 0 spiro atoms. The molecule has 1 saturated heterocycles. The van der Waals surface area contributed by atoms with Gasteiger partial charge in [-0.15, -0.1) is 11.3 Å². The molecule has 1 N–H and O–H groups in total. The summed E-state index contributed by atoms with van der Waals surface area (Å²) < 4.78 is 5.76. The number of hydrogen-bond acceptors (Lipinski definition) is 5. The molecule has 7 heteroatoms. The zero-order chi connectivity index (χ0) is 22.8. The highest BCUT2D eigenvalue weighted by molar-refractivity contribution is 7.09. The summed E-state index contributed by atoms with van der Waals surface area (Å²) in [6.07, 6.45) is 8.20. The van der Waals surface area contributed by atoms with Crippen LogP contribution in [0, 0.1) is 12.8 Å². The molecule has 2 amide bonds. The standard InChI is InChI=1S/C25H33N3O3S/c1-3-4-5-14-26-25(30)21-12-15-28(16-13-21)24(29)11-8-20-6-9-23(10-7-20)31-17-22-18-32-19(2)27-22/h6-11,18,21H,3-5,12-17H2,1-2H3,(H,26,30)/b11-8+. The first-order chi connectivity index (χ1) is 15.5. The summed E-state index contributed by atoms with van der Waals surface area (Å²) in [6.45, 7) is 6.58. The van der Waals surface area contributed by atoms with Gasteiger partial charge in [0.2, 0.25) is 11.8 Å². The largest absolute Gasteiger partial charge is 0.487 e. The Bertz CT molecular complexity index is 899. The Morgan fingerprint density at radius 2 is 1.97 bits per heavy atom. The van der Waals surface area contributed by atoms with E-state index in [2.05, 4.69) is 17.2 Å². The molecular formula is C25H33N3O3S. The van der Waals surface area contributed by atoms with Crippen molar-refractivity contribution in [1.29, 1.82) is 0 Å². The van der Waals surface area contributed by atoms with Crippen molar-refractivity contribution in [3.63, 3.8) is 0 Å². The van der Waals surface area contributed by atoms with E-state index in [0.29, 0.717) is 19.7 Å². The fourth-order valence-electron chi connectivity index (χ4n) is 3.67. The number of aromatic nitrogens is 1. The summed E-state index contributed by atoms with van der Waals surface area (Å²) in [5.41, 5.74) is 1.87. The number of carbonyl (C=O) groups excluding carboxylic acids is 2. The summed E-state index contributed by atoms with van der Waals surface area (Å²) in [7, 11) is 0. The second-order valence-corrected chi connectivity index (χ2v) is 9.21. The van der Waals surface area contributed by atoms with Crippen molar-refractivity contribution < 1.29 is 14.3 Å². The minimum atomic E-state index is -0.00830. The Kier molecular flexibility index (Phi) is 9.28. The van der Waals surface area contributed by atoms with Crippen LogP contribution in [0.25, 0.3) is 6.08 Å². The van der Waals surface area contributed by atoms with Gasteiger partial charge in [0.05, 0.1) is 10.7 Å². The minimum Gasteiger partial charge on any atom is -0.487 e. The van der Waals surface area contributed by atoms with Crippen molar-refractivity contribution in [2.24, 2.45) is 5.92 Å². The normalized spacial score (nSPS) is 14.6. The van der Waals surface area contributed by atoms with E-state index in [9.17, 15) is 9.59 Å². The molecule has 1 aromatic heterocycles. The summed E-state index contributed by atoms with van der Waals surface area (Å²) in [5, 5.41) is 6.06. The molecule has 2 heterocycles. The monoisotopic (exact) mass is 455 g/mol. The van der Waals surface area contributed by atoms with Crippen molar-refractivity contribution in [3.8, 4) is 5.75 Å². The molecule has 172 valence electrons. The first-order valence-corrected chi connectivity index (χ1v) is 12.3. The topological polar surface area (TPSA) is 71.5 Å². The molecule has 0 bridgehead atoms. The third-order valence-corrected chi connectivity index (χ3v) is 6.43. The zero-order valence-corrected chi connectivity index (χ0v) is 19.8. The first-order valence-electron chi connectivity index (χ1n) is 11.4. The lowest BCUT2D eigenvalue weighted by atomic mass is 9.95. The van der Waals surface area contributed by atoms with E-state index in [1.165, 1.54) is 0 Å². The van der Waals surface area contributed by atoms with E-state index in [1.807, 2.05) is 47.5 Å². The van der Waals surface area contributed by atoms with Crippen LogP contribution in [0.1, 0.15) is 55.3 Å². The average Bonchev–Trinajstić information content (AvgIpc) is 3.24. The number of rotatable bonds is 10. The molecule has 1 aliphatic rings. The lowest BCUT2D eigenvalue weighted by Gasteiger charge is -2.30. The summed E-state index contributed by atoms with van der Waals surface area (Å²) in [5.74, 6) is 0.918. The number of nitrogens with zero attached hydrogens (tertiary/aromatic N) is 2. The Hall–Kier alpha value is -2.67. The molecule has 3 rings (SSSR count). The number of amides is 2. The molecule has 1 aliphatic heterocycles.